The lowest BCUT2D eigenvalue weighted by Crippen LogP contribution is -2.09. The highest BCUT2D eigenvalue weighted by molar-refractivity contribution is 7.22. The van der Waals surface area contributed by atoms with E-state index >= 15 is 0 Å². The van der Waals surface area contributed by atoms with Crippen LogP contribution in [0.3, 0.4) is 0 Å². The Kier molecular flexibility index (Phi) is 4.95. The van der Waals surface area contributed by atoms with Gasteiger partial charge in [0.15, 0.2) is 0 Å². The molecule has 30 heavy (non-hydrogen) atoms. The zero-order chi connectivity index (χ0) is 20.9. The van der Waals surface area contributed by atoms with E-state index in [2.05, 4.69) is 15.2 Å². The molecule has 3 heterocycles. The number of anilines is 1. The summed E-state index contributed by atoms with van der Waals surface area (Å²) in [5.74, 6) is 1.03. The van der Waals surface area contributed by atoms with Gasteiger partial charge in [-0.3, -0.25) is 0 Å². The van der Waals surface area contributed by atoms with Crippen molar-refractivity contribution < 1.29 is 17.6 Å². The number of fused-ring (bicyclic) bond motifs is 1. The van der Waals surface area contributed by atoms with Crippen LogP contribution >= 0.6 is 11.3 Å². The summed E-state index contributed by atoms with van der Waals surface area (Å²) in [4.78, 5) is 5.25. The summed E-state index contributed by atoms with van der Waals surface area (Å²) < 4.78 is 47.6. The van der Waals surface area contributed by atoms with Gasteiger partial charge in [0.1, 0.15) is 9.71 Å². The van der Waals surface area contributed by atoms with Crippen molar-refractivity contribution in [3.63, 3.8) is 0 Å². The molecule has 3 aromatic rings. The molecule has 2 aliphatic carbocycles. The standard InChI is InChI=1S/C21H23F3N4OS/c22-21(23,24)13-10-14(11-6-4-5-7-11)26-20-15(13)16(25)17(30-20)19-28-27-18(29-19)12-8-2-1-3-9-12/h10-12H,1-9,25H2. The molecule has 5 nitrogen and oxygen atoms in total. The van der Waals surface area contributed by atoms with Crippen LogP contribution in [0.2, 0.25) is 0 Å². The summed E-state index contributed by atoms with van der Waals surface area (Å²) in [6.07, 6.45) is 4.72. The number of pyridine rings is 1. The second-order valence-corrected chi connectivity index (χ2v) is 9.38. The highest BCUT2D eigenvalue weighted by Crippen LogP contribution is 2.47. The molecule has 0 aromatic carbocycles. The molecule has 2 N–H and O–H groups in total. The Labute approximate surface area is 175 Å². The van der Waals surface area contributed by atoms with E-state index in [0.717, 1.165) is 62.7 Å². The Bertz CT molecular complexity index is 1060. The van der Waals surface area contributed by atoms with Gasteiger partial charge in [-0.05, 0) is 31.7 Å². The van der Waals surface area contributed by atoms with Crippen LogP contribution < -0.4 is 5.73 Å². The highest BCUT2D eigenvalue weighted by atomic mass is 32.1. The molecular weight excluding hydrogens is 413 g/mol. The van der Waals surface area contributed by atoms with Gasteiger partial charge in [-0.15, -0.1) is 21.5 Å². The topological polar surface area (TPSA) is 77.8 Å². The van der Waals surface area contributed by atoms with E-state index in [1.165, 1.54) is 12.5 Å². The minimum absolute atomic E-state index is 0.0200. The van der Waals surface area contributed by atoms with Crippen LogP contribution in [0.25, 0.3) is 21.0 Å². The van der Waals surface area contributed by atoms with Crippen LogP contribution in [0.15, 0.2) is 10.5 Å². The van der Waals surface area contributed by atoms with Crippen molar-refractivity contribution in [2.45, 2.75) is 75.8 Å². The molecule has 2 fully saturated rings. The van der Waals surface area contributed by atoms with Gasteiger partial charge >= 0.3 is 6.18 Å². The van der Waals surface area contributed by atoms with E-state index in [1.54, 1.807) is 0 Å². The minimum Gasteiger partial charge on any atom is -0.420 e. The van der Waals surface area contributed by atoms with E-state index in [1.807, 2.05) is 0 Å². The smallest absolute Gasteiger partial charge is 0.417 e. The molecule has 0 spiro atoms. The third kappa shape index (κ3) is 3.46. The maximum Gasteiger partial charge on any atom is 0.417 e. The number of aromatic nitrogens is 3. The Hall–Kier alpha value is -2.16. The lowest BCUT2D eigenvalue weighted by molar-refractivity contribution is -0.136. The summed E-state index contributed by atoms with van der Waals surface area (Å²) in [6.45, 7) is 0. The third-order valence-corrected chi connectivity index (χ3v) is 7.47. The van der Waals surface area contributed by atoms with Gasteiger partial charge in [0, 0.05) is 22.9 Å². The van der Waals surface area contributed by atoms with E-state index in [4.69, 9.17) is 10.2 Å². The fourth-order valence-electron chi connectivity index (χ4n) is 4.79. The Balaban J connectivity index is 1.60. The van der Waals surface area contributed by atoms with Gasteiger partial charge < -0.3 is 10.2 Å². The van der Waals surface area contributed by atoms with Crippen LogP contribution in [0.4, 0.5) is 18.9 Å². The zero-order valence-electron chi connectivity index (χ0n) is 16.5. The predicted octanol–water partition coefficient (Wildman–Crippen LogP) is 6.65. The summed E-state index contributed by atoms with van der Waals surface area (Å²) in [5.41, 5.74) is 6.01. The molecular formula is C21H23F3N4OS. The number of hydrogen-bond acceptors (Lipinski definition) is 6. The number of nitrogens with zero attached hydrogens (tertiary/aromatic N) is 3. The molecule has 0 unspecified atom stereocenters. The lowest BCUT2D eigenvalue weighted by atomic mass is 9.89. The van der Waals surface area contributed by atoms with Gasteiger partial charge in [0.05, 0.1) is 11.3 Å². The number of thiophene rings is 1. The van der Waals surface area contributed by atoms with E-state index in [0.29, 0.717) is 16.5 Å². The van der Waals surface area contributed by atoms with Crippen LogP contribution in [0, 0.1) is 0 Å². The third-order valence-electron chi connectivity index (χ3n) is 6.39. The molecule has 5 rings (SSSR count). The fourth-order valence-corrected chi connectivity index (χ4v) is 5.84. The van der Waals surface area contributed by atoms with Gasteiger partial charge in [-0.2, -0.15) is 13.2 Å². The second-order valence-electron chi connectivity index (χ2n) is 8.38. The largest absolute Gasteiger partial charge is 0.420 e. The summed E-state index contributed by atoms with van der Waals surface area (Å²) in [6, 6.07) is 1.19. The monoisotopic (exact) mass is 436 g/mol. The number of nitrogen functional groups attached to an aromatic ring is 1. The molecule has 9 heteroatoms. The number of alkyl halides is 3. The molecule has 0 bridgehead atoms. The van der Waals surface area contributed by atoms with E-state index < -0.39 is 11.7 Å². The average molecular weight is 437 g/mol. The minimum atomic E-state index is -4.51. The quantitative estimate of drug-likeness (QED) is 0.497. The fraction of sp³-hybridized carbons (Fsp3) is 0.571. The lowest BCUT2D eigenvalue weighted by Gasteiger charge is -2.17. The Morgan fingerprint density at radius 2 is 1.63 bits per heavy atom. The van der Waals surface area contributed by atoms with E-state index in [9.17, 15) is 13.2 Å². The summed E-state index contributed by atoms with van der Waals surface area (Å²) >= 11 is 1.11. The first-order valence-corrected chi connectivity index (χ1v) is 11.4. The predicted molar refractivity (Wildman–Crippen MR) is 109 cm³/mol. The van der Waals surface area contributed by atoms with Crippen molar-refractivity contribution in [1.82, 2.24) is 15.2 Å². The Morgan fingerprint density at radius 3 is 2.33 bits per heavy atom. The molecule has 3 aromatic heterocycles. The number of rotatable bonds is 3. The van der Waals surface area contributed by atoms with Gasteiger partial charge in [0.25, 0.3) is 5.89 Å². The summed E-state index contributed by atoms with van der Waals surface area (Å²) in [7, 11) is 0. The van der Waals surface area contributed by atoms with Gasteiger partial charge in [-0.1, -0.05) is 32.1 Å². The second kappa shape index (κ2) is 7.51. The van der Waals surface area contributed by atoms with Crippen LogP contribution in [0.5, 0.6) is 0 Å². The van der Waals surface area contributed by atoms with Crippen LogP contribution in [-0.4, -0.2) is 15.2 Å². The van der Waals surface area contributed by atoms with Crippen molar-refractivity contribution in [2.24, 2.45) is 0 Å². The molecule has 0 amide bonds. The first kappa shape index (κ1) is 19.8. The molecule has 2 saturated carbocycles. The summed E-state index contributed by atoms with van der Waals surface area (Å²) in [5, 5.41) is 8.23. The first-order chi connectivity index (χ1) is 14.4. The van der Waals surface area contributed by atoms with Crippen molar-refractivity contribution in [3.05, 3.63) is 23.2 Å². The van der Waals surface area contributed by atoms with Crippen molar-refractivity contribution in [3.8, 4) is 10.8 Å². The molecule has 160 valence electrons. The molecule has 0 radical (unpaired) electrons. The maximum absolute atomic E-state index is 13.9. The number of halogens is 3. The van der Waals surface area contributed by atoms with Crippen molar-refractivity contribution in [2.75, 3.05) is 5.73 Å². The van der Waals surface area contributed by atoms with E-state index in [-0.39, 0.29) is 33.6 Å². The number of hydrogen-bond donors (Lipinski definition) is 1. The molecule has 0 saturated heterocycles. The molecule has 2 aliphatic rings. The first-order valence-electron chi connectivity index (χ1n) is 10.6. The molecule has 0 atom stereocenters. The highest BCUT2D eigenvalue weighted by Gasteiger charge is 2.37. The SMILES string of the molecule is Nc1c(-c2nnc(C3CCCCC3)o2)sc2nc(C3CCCC3)cc(C(F)(F)F)c12. The van der Waals surface area contributed by atoms with Gasteiger partial charge in [0.2, 0.25) is 5.89 Å². The normalized spacial score (nSPS) is 19.2. The van der Waals surface area contributed by atoms with Crippen molar-refractivity contribution in [1.29, 1.82) is 0 Å². The number of nitrogens with two attached hydrogens (primary N) is 1. The van der Waals surface area contributed by atoms with Crippen LogP contribution in [0.1, 0.15) is 86.8 Å². The zero-order valence-corrected chi connectivity index (χ0v) is 17.3. The average Bonchev–Trinajstić information content (AvgIpc) is 3.48. The van der Waals surface area contributed by atoms with Crippen LogP contribution in [-0.2, 0) is 6.18 Å². The Morgan fingerprint density at radius 1 is 0.967 bits per heavy atom. The maximum atomic E-state index is 13.9. The van der Waals surface area contributed by atoms with Gasteiger partial charge in [-0.25, -0.2) is 4.98 Å². The van der Waals surface area contributed by atoms with Crippen molar-refractivity contribution >= 4 is 27.2 Å². The molecule has 0 aliphatic heterocycles.